The largest absolute Gasteiger partial charge is 0.371 e. The summed E-state index contributed by atoms with van der Waals surface area (Å²) in [7, 11) is 0. The van der Waals surface area contributed by atoms with Crippen molar-refractivity contribution >= 4 is 26.7 Å². The highest BCUT2D eigenvalue weighted by Gasteiger charge is 2.30. The fraction of sp³-hybridized carbons (Fsp3) is 0.200. The van der Waals surface area contributed by atoms with Crippen LogP contribution in [0.15, 0.2) is 71.2 Å². The number of halogens is 3. The molecular weight excluding hydrogens is 374 g/mol. The molecule has 0 bridgehead atoms. The molecule has 124 valence electrons. The lowest BCUT2D eigenvalue weighted by atomic mass is 9.99. The summed E-state index contributed by atoms with van der Waals surface area (Å²) in [6.07, 6.45) is -0.345. The number of fused-ring (bicyclic) bond motifs is 1. The molecule has 3 aromatic carbocycles. The minimum atomic E-state index is -2.92. The fourth-order valence-corrected chi connectivity index (χ4v) is 3.38. The number of hydrogen-bond acceptors (Lipinski definition) is 1. The lowest BCUT2D eigenvalue weighted by molar-refractivity contribution is -0.0805. The van der Waals surface area contributed by atoms with E-state index in [0.717, 1.165) is 20.8 Å². The van der Waals surface area contributed by atoms with E-state index in [1.807, 2.05) is 60.7 Å². The molecule has 0 unspecified atom stereocenters. The third-order valence-electron chi connectivity index (χ3n) is 3.81. The molecule has 0 radical (unpaired) electrons. The van der Waals surface area contributed by atoms with Gasteiger partial charge in [0.25, 0.3) is 5.92 Å². The normalized spacial score (nSPS) is 11.8. The highest BCUT2D eigenvalue weighted by Crippen LogP contribution is 2.31. The number of ether oxygens (including phenoxy) is 1. The number of rotatable bonds is 6. The Kier molecular flexibility index (Phi) is 5.27. The van der Waals surface area contributed by atoms with Crippen LogP contribution in [0.1, 0.15) is 11.1 Å². The Morgan fingerprint density at radius 2 is 1.58 bits per heavy atom. The van der Waals surface area contributed by atoms with Gasteiger partial charge in [-0.2, -0.15) is 0 Å². The van der Waals surface area contributed by atoms with Crippen LogP contribution in [0, 0.1) is 0 Å². The molecule has 0 aliphatic carbocycles. The van der Waals surface area contributed by atoms with Gasteiger partial charge in [-0.1, -0.05) is 76.6 Å². The maximum Gasteiger partial charge on any atom is 0.274 e. The van der Waals surface area contributed by atoms with E-state index < -0.39 is 12.5 Å². The SMILES string of the molecule is FC(F)(COCc1ccccc1)Cc1cccc2cccc(Br)c12. The Labute approximate surface area is 148 Å². The first-order chi connectivity index (χ1) is 11.6. The van der Waals surface area contributed by atoms with Gasteiger partial charge in [-0.15, -0.1) is 0 Å². The van der Waals surface area contributed by atoms with E-state index in [2.05, 4.69) is 15.9 Å². The van der Waals surface area contributed by atoms with Gasteiger partial charge in [-0.25, -0.2) is 8.78 Å². The molecule has 0 fully saturated rings. The molecule has 3 rings (SSSR count). The predicted molar refractivity (Wildman–Crippen MR) is 96.4 cm³/mol. The number of hydrogen-bond donors (Lipinski definition) is 0. The standard InChI is InChI=1S/C20H17BrF2O/c21-18-11-5-9-16-8-4-10-17(19(16)18)12-20(22,23)14-24-13-15-6-2-1-3-7-15/h1-11H,12-14H2. The minimum absolute atomic E-state index is 0.190. The highest BCUT2D eigenvalue weighted by atomic mass is 79.9. The van der Waals surface area contributed by atoms with Gasteiger partial charge < -0.3 is 4.74 Å². The Morgan fingerprint density at radius 3 is 2.33 bits per heavy atom. The van der Waals surface area contributed by atoms with Crippen molar-refractivity contribution in [1.29, 1.82) is 0 Å². The quantitative estimate of drug-likeness (QED) is 0.501. The molecular formula is C20H17BrF2O. The van der Waals surface area contributed by atoms with Gasteiger partial charge in [0.1, 0.15) is 6.61 Å². The van der Waals surface area contributed by atoms with Crippen molar-refractivity contribution < 1.29 is 13.5 Å². The topological polar surface area (TPSA) is 9.23 Å². The van der Waals surface area contributed by atoms with Crippen molar-refractivity contribution in [2.45, 2.75) is 19.0 Å². The van der Waals surface area contributed by atoms with Gasteiger partial charge in [0.2, 0.25) is 0 Å². The van der Waals surface area contributed by atoms with E-state index in [0.29, 0.717) is 5.56 Å². The second-order valence-corrected chi connectivity index (χ2v) is 6.62. The molecule has 0 saturated carbocycles. The minimum Gasteiger partial charge on any atom is -0.371 e. The summed E-state index contributed by atoms with van der Waals surface area (Å²) in [5.74, 6) is -2.92. The summed E-state index contributed by atoms with van der Waals surface area (Å²) < 4.78 is 34.7. The summed E-state index contributed by atoms with van der Waals surface area (Å²) in [5, 5.41) is 1.78. The lowest BCUT2D eigenvalue weighted by Gasteiger charge is -2.18. The van der Waals surface area contributed by atoms with Crippen LogP contribution in [0.5, 0.6) is 0 Å². The van der Waals surface area contributed by atoms with Crippen LogP contribution in [0.3, 0.4) is 0 Å². The van der Waals surface area contributed by atoms with Crippen LogP contribution in [0.4, 0.5) is 8.78 Å². The molecule has 1 nitrogen and oxygen atoms in total. The van der Waals surface area contributed by atoms with Crippen molar-refractivity contribution in [3.8, 4) is 0 Å². The molecule has 24 heavy (non-hydrogen) atoms. The molecule has 0 aromatic heterocycles. The summed E-state index contributed by atoms with van der Waals surface area (Å²) in [5.41, 5.74) is 1.51. The molecule has 0 aliphatic heterocycles. The summed E-state index contributed by atoms with van der Waals surface area (Å²) >= 11 is 3.46. The van der Waals surface area contributed by atoms with Crippen LogP contribution in [0.2, 0.25) is 0 Å². The lowest BCUT2D eigenvalue weighted by Crippen LogP contribution is -2.26. The van der Waals surface area contributed by atoms with Crippen LogP contribution in [-0.4, -0.2) is 12.5 Å². The van der Waals surface area contributed by atoms with Gasteiger partial charge in [0.05, 0.1) is 6.61 Å². The molecule has 0 spiro atoms. The monoisotopic (exact) mass is 390 g/mol. The average Bonchev–Trinajstić information content (AvgIpc) is 2.55. The van der Waals surface area contributed by atoms with Crippen molar-refractivity contribution in [2.75, 3.05) is 6.61 Å². The first-order valence-electron chi connectivity index (χ1n) is 7.71. The molecule has 0 aliphatic rings. The Hall–Kier alpha value is -1.78. The zero-order valence-corrected chi connectivity index (χ0v) is 14.6. The smallest absolute Gasteiger partial charge is 0.274 e. The number of benzene rings is 3. The Morgan fingerprint density at radius 1 is 0.875 bits per heavy atom. The maximum atomic E-state index is 14.3. The van der Waals surface area contributed by atoms with E-state index >= 15 is 0 Å². The van der Waals surface area contributed by atoms with Gasteiger partial charge >= 0.3 is 0 Å². The van der Waals surface area contributed by atoms with Gasteiger partial charge in [-0.3, -0.25) is 0 Å². The van der Waals surface area contributed by atoms with Gasteiger partial charge in [0.15, 0.2) is 0 Å². The van der Waals surface area contributed by atoms with E-state index in [1.54, 1.807) is 6.07 Å². The molecule has 0 atom stereocenters. The molecule has 0 saturated heterocycles. The second kappa shape index (κ2) is 7.41. The summed E-state index contributed by atoms with van der Waals surface area (Å²) in [4.78, 5) is 0. The zero-order chi connectivity index (χ0) is 17.0. The number of alkyl halides is 2. The van der Waals surface area contributed by atoms with Crippen LogP contribution in [-0.2, 0) is 17.8 Å². The Balaban J connectivity index is 1.70. The Bertz CT molecular complexity index is 813. The molecule has 0 N–H and O–H groups in total. The average molecular weight is 391 g/mol. The zero-order valence-electron chi connectivity index (χ0n) is 13.0. The molecule has 0 heterocycles. The third kappa shape index (κ3) is 4.19. The van der Waals surface area contributed by atoms with Crippen LogP contribution >= 0.6 is 15.9 Å². The first kappa shape index (κ1) is 17.1. The van der Waals surface area contributed by atoms with E-state index in [9.17, 15) is 8.78 Å². The fourth-order valence-electron chi connectivity index (χ4n) is 2.74. The molecule has 3 aromatic rings. The highest BCUT2D eigenvalue weighted by molar-refractivity contribution is 9.10. The van der Waals surface area contributed by atoms with Crippen molar-refractivity contribution in [1.82, 2.24) is 0 Å². The summed E-state index contributed by atoms with van der Waals surface area (Å²) in [6, 6.07) is 20.5. The van der Waals surface area contributed by atoms with Gasteiger partial charge in [-0.05, 0) is 28.0 Å². The van der Waals surface area contributed by atoms with Crippen molar-refractivity contribution in [2.24, 2.45) is 0 Å². The van der Waals surface area contributed by atoms with E-state index in [4.69, 9.17) is 4.74 Å². The van der Waals surface area contributed by atoms with Crippen molar-refractivity contribution in [3.05, 3.63) is 82.3 Å². The molecule has 4 heteroatoms. The molecule has 0 amide bonds. The van der Waals surface area contributed by atoms with Crippen molar-refractivity contribution in [3.63, 3.8) is 0 Å². The van der Waals surface area contributed by atoms with Crippen LogP contribution < -0.4 is 0 Å². The first-order valence-corrected chi connectivity index (χ1v) is 8.50. The van der Waals surface area contributed by atoms with Gasteiger partial charge in [0, 0.05) is 10.9 Å². The second-order valence-electron chi connectivity index (χ2n) is 5.77. The van der Waals surface area contributed by atoms with E-state index in [-0.39, 0.29) is 13.0 Å². The van der Waals surface area contributed by atoms with Crippen LogP contribution in [0.25, 0.3) is 10.8 Å². The summed E-state index contributed by atoms with van der Waals surface area (Å²) in [6.45, 7) is -0.404. The predicted octanol–water partition coefficient (Wildman–Crippen LogP) is 6.00. The third-order valence-corrected chi connectivity index (χ3v) is 4.47. The maximum absolute atomic E-state index is 14.3. The van der Waals surface area contributed by atoms with E-state index in [1.165, 1.54) is 0 Å².